The Morgan fingerprint density at radius 1 is 1.03 bits per heavy atom. The monoisotopic (exact) mass is 473 g/mol. The minimum absolute atomic E-state index is 0.0178. The number of hydrogen-bond donors (Lipinski definition) is 3. The topological polar surface area (TPSA) is 145 Å². The largest absolute Gasteiger partial charge is 0.497 e. The lowest BCUT2D eigenvalue weighted by Crippen LogP contribution is -2.26. The minimum Gasteiger partial charge on any atom is -0.497 e. The van der Waals surface area contributed by atoms with E-state index in [1.807, 2.05) is 0 Å². The Balaban J connectivity index is 1.56. The lowest BCUT2D eigenvalue weighted by Gasteiger charge is -2.12. The smallest absolute Gasteiger partial charge is 0.258 e. The predicted octanol–water partition coefficient (Wildman–Crippen LogP) is 2.19. The molecule has 0 spiro atoms. The van der Waals surface area contributed by atoms with E-state index < -0.39 is 15.9 Å². The second-order valence-electron chi connectivity index (χ2n) is 7.29. The van der Waals surface area contributed by atoms with Crippen LogP contribution in [0.15, 0.2) is 41.3 Å². The maximum absolute atomic E-state index is 12.8. The van der Waals surface area contributed by atoms with Crippen LogP contribution in [0.4, 0.5) is 5.95 Å². The van der Waals surface area contributed by atoms with Crippen molar-refractivity contribution in [1.82, 2.24) is 19.9 Å². The summed E-state index contributed by atoms with van der Waals surface area (Å²) in [7, 11) is 0.607. The van der Waals surface area contributed by atoms with E-state index in [1.54, 1.807) is 25.3 Å². The van der Waals surface area contributed by atoms with Crippen molar-refractivity contribution in [2.24, 2.45) is 0 Å². The number of nitrogens with one attached hydrogen (secondary N) is 3. The normalized spacial score (nSPS) is 13.4. The number of rotatable bonds is 9. The van der Waals surface area contributed by atoms with Gasteiger partial charge < -0.3 is 14.2 Å². The Kier molecular flexibility index (Phi) is 6.20. The molecule has 1 heterocycles. The average molecular weight is 474 g/mol. The van der Waals surface area contributed by atoms with Gasteiger partial charge in [0.15, 0.2) is 5.82 Å². The molecule has 3 N–H and O–H groups in total. The molecule has 0 radical (unpaired) electrons. The number of H-pyrrole nitrogens is 1. The third-order valence-electron chi connectivity index (χ3n) is 4.99. The number of aromatic amines is 1. The van der Waals surface area contributed by atoms with E-state index in [4.69, 9.17) is 14.2 Å². The van der Waals surface area contributed by atoms with Gasteiger partial charge in [-0.3, -0.25) is 15.2 Å². The van der Waals surface area contributed by atoms with Gasteiger partial charge in [0.2, 0.25) is 16.0 Å². The van der Waals surface area contributed by atoms with Crippen LogP contribution in [0.2, 0.25) is 0 Å². The van der Waals surface area contributed by atoms with E-state index in [2.05, 4.69) is 25.2 Å². The van der Waals surface area contributed by atoms with E-state index in [9.17, 15) is 13.2 Å². The number of aromatic nitrogens is 3. The molecular formula is C21H23N5O6S. The van der Waals surface area contributed by atoms with Gasteiger partial charge in [0.1, 0.15) is 22.1 Å². The number of amides is 1. The quantitative estimate of drug-likeness (QED) is 0.429. The predicted molar refractivity (Wildman–Crippen MR) is 119 cm³/mol. The van der Waals surface area contributed by atoms with Crippen molar-refractivity contribution >= 4 is 21.9 Å². The summed E-state index contributed by atoms with van der Waals surface area (Å²) >= 11 is 0. The summed E-state index contributed by atoms with van der Waals surface area (Å²) in [5.74, 6) is 1.08. The number of ether oxygens (including phenoxy) is 3. The summed E-state index contributed by atoms with van der Waals surface area (Å²) in [6.07, 6.45) is 1.57. The molecule has 0 unspecified atom stereocenters. The number of hydrogen-bond acceptors (Lipinski definition) is 8. The molecule has 0 aliphatic heterocycles. The van der Waals surface area contributed by atoms with Crippen molar-refractivity contribution in [3.05, 3.63) is 42.0 Å². The van der Waals surface area contributed by atoms with Crippen molar-refractivity contribution in [3.63, 3.8) is 0 Å². The molecule has 1 aromatic heterocycles. The molecule has 11 nitrogen and oxygen atoms in total. The molecule has 1 fully saturated rings. The van der Waals surface area contributed by atoms with Gasteiger partial charge in [-0.25, -0.2) is 13.1 Å². The Labute approximate surface area is 190 Å². The number of carbonyl (C=O) groups excluding carboxylic acids is 1. The fraction of sp³-hybridized carbons (Fsp3) is 0.286. The standard InChI is InChI=1S/C21H23N5O6S/c1-30-14-7-8-15(17(11-14)32-3)19-22-21(25-24-19)23-20(27)12-4-9-16(31-2)18(10-12)33(28,29)26-13-5-6-13/h4,7-11,13,26H,5-6H2,1-3H3,(H2,22,23,24,25,27). The van der Waals surface area contributed by atoms with Crippen LogP contribution in [0.5, 0.6) is 17.2 Å². The van der Waals surface area contributed by atoms with E-state index in [0.29, 0.717) is 22.9 Å². The summed E-state index contributed by atoms with van der Waals surface area (Å²) in [6.45, 7) is 0. The van der Waals surface area contributed by atoms with E-state index in [1.165, 1.54) is 32.4 Å². The maximum Gasteiger partial charge on any atom is 0.258 e. The fourth-order valence-electron chi connectivity index (χ4n) is 3.12. The number of benzene rings is 2. The van der Waals surface area contributed by atoms with Gasteiger partial charge in [-0.15, -0.1) is 5.10 Å². The fourth-order valence-corrected chi connectivity index (χ4v) is 4.62. The summed E-state index contributed by atoms with van der Waals surface area (Å²) < 4.78 is 43.7. The SMILES string of the molecule is COc1ccc(-c2nc(NC(=O)c3ccc(OC)c(S(=O)(=O)NC4CC4)c3)n[nH]2)c(OC)c1. The van der Waals surface area contributed by atoms with Gasteiger partial charge in [0, 0.05) is 17.7 Å². The molecule has 0 atom stereocenters. The first-order chi connectivity index (χ1) is 15.8. The molecule has 1 aliphatic carbocycles. The molecule has 12 heteroatoms. The van der Waals surface area contributed by atoms with Crippen LogP contribution in [0.3, 0.4) is 0 Å². The maximum atomic E-state index is 12.8. The van der Waals surface area contributed by atoms with Crippen LogP contribution in [0, 0.1) is 0 Å². The minimum atomic E-state index is -3.83. The molecule has 1 saturated carbocycles. The summed E-state index contributed by atoms with van der Waals surface area (Å²) in [6, 6.07) is 9.26. The highest BCUT2D eigenvalue weighted by atomic mass is 32.2. The number of nitrogens with zero attached hydrogens (tertiary/aromatic N) is 2. The number of anilines is 1. The van der Waals surface area contributed by atoms with Crippen LogP contribution >= 0.6 is 0 Å². The van der Waals surface area contributed by atoms with E-state index in [0.717, 1.165) is 12.8 Å². The average Bonchev–Trinajstić information content (AvgIpc) is 3.51. The summed E-state index contributed by atoms with van der Waals surface area (Å²) in [4.78, 5) is 17.0. The van der Waals surface area contributed by atoms with E-state index >= 15 is 0 Å². The lowest BCUT2D eigenvalue weighted by atomic mass is 10.2. The Morgan fingerprint density at radius 2 is 1.79 bits per heavy atom. The van der Waals surface area contributed by atoms with Gasteiger partial charge in [0.05, 0.1) is 26.9 Å². The zero-order valence-electron chi connectivity index (χ0n) is 18.2. The number of carbonyl (C=O) groups is 1. The van der Waals surface area contributed by atoms with Crippen molar-refractivity contribution in [2.75, 3.05) is 26.6 Å². The number of sulfonamides is 1. The van der Waals surface area contributed by atoms with Crippen molar-refractivity contribution < 1.29 is 27.4 Å². The summed E-state index contributed by atoms with van der Waals surface area (Å²) in [5.41, 5.74) is 0.732. The zero-order valence-corrected chi connectivity index (χ0v) is 19.0. The lowest BCUT2D eigenvalue weighted by molar-refractivity contribution is 0.102. The molecule has 1 aliphatic rings. The van der Waals surface area contributed by atoms with Gasteiger partial charge in [-0.2, -0.15) is 4.98 Å². The molecule has 0 bridgehead atoms. The highest BCUT2D eigenvalue weighted by molar-refractivity contribution is 7.89. The molecule has 3 aromatic rings. The molecule has 174 valence electrons. The second-order valence-corrected chi connectivity index (χ2v) is 8.97. The molecule has 0 saturated heterocycles. The third kappa shape index (κ3) is 4.91. The molecule has 33 heavy (non-hydrogen) atoms. The Bertz CT molecular complexity index is 1290. The first kappa shape index (κ1) is 22.6. The second kappa shape index (κ2) is 9.08. The van der Waals surface area contributed by atoms with Crippen LogP contribution in [-0.4, -0.2) is 56.9 Å². The van der Waals surface area contributed by atoms with Gasteiger partial charge in [-0.1, -0.05) is 0 Å². The Hall–Kier alpha value is -3.64. The number of methoxy groups -OCH3 is 3. The molecule has 2 aromatic carbocycles. The van der Waals surface area contributed by atoms with E-state index in [-0.39, 0.29) is 28.2 Å². The third-order valence-corrected chi connectivity index (χ3v) is 6.53. The Morgan fingerprint density at radius 3 is 2.45 bits per heavy atom. The molecule has 4 rings (SSSR count). The zero-order chi connectivity index (χ0) is 23.6. The van der Waals surface area contributed by atoms with Crippen LogP contribution in [-0.2, 0) is 10.0 Å². The van der Waals surface area contributed by atoms with Crippen molar-refractivity contribution in [3.8, 4) is 28.6 Å². The molecular weight excluding hydrogens is 450 g/mol. The van der Waals surface area contributed by atoms with Gasteiger partial charge in [0.25, 0.3) is 5.91 Å². The van der Waals surface area contributed by atoms with Gasteiger partial charge in [-0.05, 0) is 43.2 Å². The van der Waals surface area contributed by atoms with Crippen LogP contribution in [0.25, 0.3) is 11.4 Å². The van der Waals surface area contributed by atoms with Crippen molar-refractivity contribution in [1.29, 1.82) is 0 Å². The highest BCUT2D eigenvalue weighted by Crippen LogP contribution is 2.32. The van der Waals surface area contributed by atoms with Crippen molar-refractivity contribution in [2.45, 2.75) is 23.8 Å². The first-order valence-electron chi connectivity index (χ1n) is 10.0. The first-order valence-corrected chi connectivity index (χ1v) is 11.5. The van der Waals surface area contributed by atoms with Gasteiger partial charge >= 0.3 is 0 Å². The highest BCUT2D eigenvalue weighted by Gasteiger charge is 2.30. The molecule has 1 amide bonds. The van der Waals surface area contributed by atoms with Crippen LogP contribution < -0.4 is 24.2 Å². The summed E-state index contributed by atoms with van der Waals surface area (Å²) in [5, 5.41) is 9.33. The van der Waals surface area contributed by atoms with Crippen LogP contribution in [0.1, 0.15) is 23.2 Å².